The van der Waals surface area contributed by atoms with Gasteiger partial charge in [-0.15, -0.1) is 0 Å². The maximum Gasteiger partial charge on any atom is 0.372 e. The van der Waals surface area contributed by atoms with E-state index in [1.807, 2.05) is 0 Å². The summed E-state index contributed by atoms with van der Waals surface area (Å²) in [5.74, 6) is -0.931. The highest BCUT2D eigenvalue weighted by Gasteiger charge is 2.15. The fourth-order valence-corrected chi connectivity index (χ4v) is 1.11. The third-order valence-electron chi connectivity index (χ3n) is 1.73. The first-order valence-electron chi connectivity index (χ1n) is 3.82. The van der Waals surface area contributed by atoms with E-state index in [4.69, 9.17) is 9.52 Å². The number of carbonyl (C=O) groups excluding carboxylic acids is 1. The second-order valence-electron chi connectivity index (χ2n) is 2.84. The summed E-state index contributed by atoms with van der Waals surface area (Å²) in [7, 11) is 0. The summed E-state index contributed by atoms with van der Waals surface area (Å²) in [4.78, 5) is 21.1. The molecule has 4 nitrogen and oxygen atoms in total. The van der Waals surface area contributed by atoms with Crippen LogP contribution in [0.1, 0.15) is 17.1 Å². The second-order valence-corrected chi connectivity index (χ2v) is 2.84. The molecule has 1 rings (SSSR count). The van der Waals surface area contributed by atoms with Crippen molar-refractivity contribution in [2.45, 2.75) is 20.3 Å². The molecule has 1 heterocycles. The topological polar surface area (TPSA) is 67.5 Å². The van der Waals surface area contributed by atoms with Gasteiger partial charge in [0, 0.05) is 12.0 Å². The molecular formula is C9H10O4. The highest BCUT2D eigenvalue weighted by molar-refractivity contribution is 6.33. The number of carboxylic acids is 1. The normalized spacial score (nSPS) is 10.0. The molecule has 70 valence electrons. The van der Waals surface area contributed by atoms with E-state index >= 15 is 0 Å². The Kier molecular flexibility index (Phi) is 2.51. The molecule has 0 aliphatic heterocycles. The molecule has 0 bridgehead atoms. The molecule has 1 aromatic heterocycles. The summed E-state index contributed by atoms with van der Waals surface area (Å²) >= 11 is 0. The number of rotatable bonds is 3. The first-order chi connectivity index (χ1) is 6.00. The van der Waals surface area contributed by atoms with Crippen LogP contribution in [0.25, 0.3) is 0 Å². The van der Waals surface area contributed by atoms with Crippen LogP contribution in [0.5, 0.6) is 0 Å². The van der Waals surface area contributed by atoms with Crippen LogP contribution in [-0.4, -0.2) is 16.9 Å². The van der Waals surface area contributed by atoms with E-state index in [2.05, 4.69) is 0 Å². The Labute approximate surface area is 75.2 Å². The van der Waals surface area contributed by atoms with Crippen molar-refractivity contribution in [3.05, 3.63) is 23.2 Å². The zero-order chi connectivity index (χ0) is 10.0. The van der Waals surface area contributed by atoms with Gasteiger partial charge in [0.2, 0.25) is 5.78 Å². The minimum Gasteiger partial charge on any atom is -0.475 e. The van der Waals surface area contributed by atoms with Crippen molar-refractivity contribution in [3.8, 4) is 0 Å². The van der Waals surface area contributed by atoms with Crippen molar-refractivity contribution in [1.82, 2.24) is 0 Å². The minimum absolute atomic E-state index is 0.0987. The number of hydrogen-bond donors (Lipinski definition) is 1. The lowest BCUT2D eigenvalue weighted by Crippen LogP contribution is -2.15. The minimum atomic E-state index is -1.40. The second kappa shape index (κ2) is 3.43. The van der Waals surface area contributed by atoms with Crippen molar-refractivity contribution in [1.29, 1.82) is 0 Å². The maximum absolute atomic E-state index is 10.8. The van der Waals surface area contributed by atoms with Crippen molar-refractivity contribution < 1.29 is 19.1 Å². The number of ketones is 1. The lowest BCUT2D eigenvalue weighted by atomic mass is 10.1. The van der Waals surface area contributed by atoms with E-state index in [0.29, 0.717) is 17.1 Å². The lowest BCUT2D eigenvalue weighted by Gasteiger charge is -1.92. The molecule has 0 fully saturated rings. The number of carboxylic acid groups (broad SMARTS) is 1. The zero-order valence-electron chi connectivity index (χ0n) is 7.46. The van der Waals surface area contributed by atoms with E-state index in [0.717, 1.165) is 0 Å². The van der Waals surface area contributed by atoms with Crippen molar-refractivity contribution in [3.63, 3.8) is 0 Å². The fraction of sp³-hybridized carbons (Fsp3) is 0.333. The van der Waals surface area contributed by atoms with Crippen LogP contribution >= 0.6 is 0 Å². The Hall–Kier alpha value is -1.58. The van der Waals surface area contributed by atoms with Gasteiger partial charge in [0.1, 0.15) is 11.5 Å². The number of furan rings is 1. The Morgan fingerprint density at radius 1 is 1.46 bits per heavy atom. The SMILES string of the molecule is Cc1cc(CC(=O)C(=O)O)c(C)o1. The highest BCUT2D eigenvalue weighted by Crippen LogP contribution is 2.14. The Morgan fingerprint density at radius 3 is 2.46 bits per heavy atom. The van der Waals surface area contributed by atoms with E-state index in [1.54, 1.807) is 19.9 Å². The smallest absolute Gasteiger partial charge is 0.372 e. The first-order valence-corrected chi connectivity index (χ1v) is 3.82. The number of aryl methyl sites for hydroxylation is 2. The van der Waals surface area contributed by atoms with Gasteiger partial charge in [-0.1, -0.05) is 0 Å². The average Bonchev–Trinajstić information content (AvgIpc) is 2.30. The predicted octanol–water partition coefficient (Wildman–Crippen LogP) is 1.09. The highest BCUT2D eigenvalue weighted by atomic mass is 16.4. The fourth-order valence-electron chi connectivity index (χ4n) is 1.11. The monoisotopic (exact) mass is 182 g/mol. The van der Waals surface area contributed by atoms with Gasteiger partial charge in [-0.3, -0.25) is 4.79 Å². The molecule has 4 heteroatoms. The van der Waals surface area contributed by atoms with E-state index in [9.17, 15) is 9.59 Å². The van der Waals surface area contributed by atoms with Crippen molar-refractivity contribution in [2.24, 2.45) is 0 Å². The molecule has 0 radical (unpaired) electrons. The third-order valence-corrected chi connectivity index (χ3v) is 1.73. The van der Waals surface area contributed by atoms with Gasteiger partial charge in [-0.05, 0) is 19.9 Å². The molecule has 1 N–H and O–H groups in total. The predicted molar refractivity (Wildman–Crippen MR) is 44.5 cm³/mol. The summed E-state index contributed by atoms with van der Waals surface area (Å²) in [5.41, 5.74) is 0.643. The third kappa shape index (κ3) is 2.18. The maximum atomic E-state index is 10.8. The van der Waals surface area contributed by atoms with Gasteiger partial charge in [-0.2, -0.15) is 0 Å². The molecule has 0 amide bonds. The Bertz CT molecular complexity index is 348. The summed E-state index contributed by atoms with van der Waals surface area (Å²) in [6.07, 6.45) is -0.0987. The standard InChI is InChI=1S/C9H10O4/c1-5-3-7(6(2)13-5)4-8(10)9(11)12/h3H,4H2,1-2H3,(H,11,12). The molecule has 0 unspecified atom stereocenters. The Morgan fingerprint density at radius 2 is 2.08 bits per heavy atom. The molecule has 13 heavy (non-hydrogen) atoms. The summed E-state index contributed by atoms with van der Waals surface area (Å²) in [5, 5.41) is 8.36. The molecule has 0 aliphatic rings. The van der Waals surface area contributed by atoms with Crippen LogP contribution in [0.3, 0.4) is 0 Å². The summed E-state index contributed by atoms with van der Waals surface area (Å²) in [6, 6.07) is 1.68. The molecule has 0 aliphatic carbocycles. The molecule has 0 saturated carbocycles. The van der Waals surface area contributed by atoms with Gasteiger partial charge >= 0.3 is 5.97 Å². The first kappa shape index (κ1) is 9.51. The van der Waals surface area contributed by atoms with Crippen LogP contribution in [0.2, 0.25) is 0 Å². The van der Waals surface area contributed by atoms with Crippen LogP contribution in [-0.2, 0) is 16.0 Å². The molecule has 0 aromatic carbocycles. The van der Waals surface area contributed by atoms with Crippen LogP contribution < -0.4 is 0 Å². The molecular weight excluding hydrogens is 172 g/mol. The number of aliphatic carboxylic acids is 1. The number of hydrogen-bond acceptors (Lipinski definition) is 3. The molecule has 0 atom stereocenters. The van der Waals surface area contributed by atoms with Crippen LogP contribution in [0, 0.1) is 13.8 Å². The molecule has 0 spiro atoms. The zero-order valence-corrected chi connectivity index (χ0v) is 7.46. The van der Waals surface area contributed by atoms with Crippen molar-refractivity contribution in [2.75, 3.05) is 0 Å². The van der Waals surface area contributed by atoms with Gasteiger partial charge in [0.15, 0.2) is 0 Å². The number of Topliss-reactive ketones (excluding diaryl/α,β-unsaturated/α-hetero) is 1. The van der Waals surface area contributed by atoms with Gasteiger partial charge < -0.3 is 9.52 Å². The average molecular weight is 182 g/mol. The molecule has 1 aromatic rings. The van der Waals surface area contributed by atoms with Gasteiger partial charge in [0.25, 0.3) is 0 Å². The summed E-state index contributed by atoms with van der Waals surface area (Å²) in [6.45, 7) is 3.46. The van der Waals surface area contributed by atoms with E-state index in [-0.39, 0.29) is 6.42 Å². The lowest BCUT2D eigenvalue weighted by molar-refractivity contribution is -0.148. The van der Waals surface area contributed by atoms with Crippen molar-refractivity contribution >= 4 is 11.8 Å². The van der Waals surface area contributed by atoms with E-state index in [1.165, 1.54) is 0 Å². The van der Waals surface area contributed by atoms with Gasteiger partial charge in [-0.25, -0.2) is 4.79 Å². The van der Waals surface area contributed by atoms with Crippen LogP contribution in [0.4, 0.5) is 0 Å². The quantitative estimate of drug-likeness (QED) is 0.710. The number of carbonyl (C=O) groups is 2. The Balaban J connectivity index is 2.80. The molecule has 0 saturated heterocycles. The van der Waals surface area contributed by atoms with E-state index < -0.39 is 11.8 Å². The summed E-state index contributed by atoms with van der Waals surface area (Å²) < 4.78 is 5.15. The largest absolute Gasteiger partial charge is 0.475 e. The van der Waals surface area contributed by atoms with Gasteiger partial charge in [0.05, 0.1) is 0 Å². The van der Waals surface area contributed by atoms with Crippen LogP contribution in [0.15, 0.2) is 10.5 Å².